The van der Waals surface area contributed by atoms with Crippen LogP contribution in [0, 0.1) is 0 Å². The average molecular weight is 412 g/mol. The Kier molecular flexibility index (Phi) is 4.96. The number of carbonyl (C=O) groups is 2. The highest BCUT2D eigenvalue weighted by Crippen LogP contribution is 2.34. The lowest BCUT2D eigenvalue weighted by atomic mass is 9.93. The van der Waals surface area contributed by atoms with E-state index in [2.05, 4.69) is 22.7 Å². The number of Topliss-reactive ketones (excluding diaryl/α,β-unsaturated/α-hetero) is 1. The Balaban J connectivity index is 1.35. The highest BCUT2D eigenvalue weighted by molar-refractivity contribution is 6.51. The molecule has 1 heterocycles. The van der Waals surface area contributed by atoms with E-state index < -0.39 is 5.91 Å². The highest BCUT2D eigenvalue weighted by atomic mass is 16.7. The van der Waals surface area contributed by atoms with E-state index in [1.54, 1.807) is 18.2 Å². The van der Waals surface area contributed by atoms with E-state index in [1.165, 1.54) is 5.56 Å². The van der Waals surface area contributed by atoms with Gasteiger partial charge in [0.1, 0.15) is 5.71 Å². The summed E-state index contributed by atoms with van der Waals surface area (Å²) >= 11 is 0. The van der Waals surface area contributed by atoms with Gasteiger partial charge in [0.25, 0.3) is 5.91 Å². The van der Waals surface area contributed by atoms with Gasteiger partial charge >= 0.3 is 0 Å². The van der Waals surface area contributed by atoms with E-state index in [9.17, 15) is 9.59 Å². The van der Waals surface area contributed by atoms with Crippen molar-refractivity contribution in [2.45, 2.75) is 18.8 Å². The van der Waals surface area contributed by atoms with E-state index in [-0.39, 0.29) is 18.5 Å². The van der Waals surface area contributed by atoms with Crippen LogP contribution >= 0.6 is 0 Å². The smallest absolute Gasteiger partial charge is 0.271 e. The first-order valence-corrected chi connectivity index (χ1v) is 10.2. The number of nitrogens with one attached hydrogen (secondary N) is 1. The summed E-state index contributed by atoms with van der Waals surface area (Å²) < 4.78 is 10.6. The molecule has 1 aliphatic heterocycles. The van der Waals surface area contributed by atoms with Crippen molar-refractivity contribution >= 4 is 17.4 Å². The zero-order valence-corrected chi connectivity index (χ0v) is 16.7. The van der Waals surface area contributed by atoms with Gasteiger partial charge in [-0.2, -0.15) is 5.10 Å². The average Bonchev–Trinajstić information content (AvgIpc) is 3.38. The Bertz CT molecular complexity index is 1190. The molecule has 3 aromatic rings. The molecule has 2 aliphatic rings. The second-order valence-electron chi connectivity index (χ2n) is 7.50. The molecule has 0 fully saturated rings. The molecule has 1 N–H and O–H groups in total. The van der Waals surface area contributed by atoms with Crippen LogP contribution in [0.2, 0.25) is 0 Å². The van der Waals surface area contributed by atoms with Gasteiger partial charge < -0.3 is 9.47 Å². The van der Waals surface area contributed by atoms with Crippen molar-refractivity contribution < 1.29 is 19.1 Å². The zero-order chi connectivity index (χ0) is 21.2. The monoisotopic (exact) mass is 412 g/mol. The number of hydrogen-bond acceptors (Lipinski definition) is 5. The number of aryl methyl sites for hydroxylation is 1. The summed E-state index contributed by atoms with van der Waals surface area (Å²) in [6.45, 7) is 0.137. The molecular weight excluding hydrogens is 392 g/mol. The molecule has 0 saturated carbocycles. The summed E-state index contributed by atoms with van der Waals surface area (Å²) in [7, 11) is 0. The number of fused-ring (bicyclic) bond motifs is 2. The Hall–Kier alpha value is -3.93. The maximum absolute atomic E-state index is 13.2. The predicted molar refractivity (Wildman–Crippen MR) is 116 cm³/mol. The molecule has 3 aromatic carbocycles. The lowest BCUT2D eigenvalue weighted by molar-refractivity contribution is -0.114. The number of benzene rings is 3. The zero-order valence-electron chi connectivity index (χ0n) is 16.7. The van der Waals surface area contributed by atoms with E-state index in [1.807, 2.05) is 42.5 Å². The number of hydrazone groups is 1. The second-order valence-corrected chi connectivity index (χ2v) is 7.50. The molecule has 0 bridgehead atoms. The van der Waals surface area contributed by atoms with Crippen LogP contribution in [-0.2, 0) is 11.2 Å². The van der Waals surface area contributed by atoms with E-state index in [0.717, 1.165) is 17.5 Å². The third kappa shape index (κ3) is 3.68. The molecule has 154 valence electrons. The topological polar surface area (TPSA) is 77.0 Å². The van der Waals surface area contributed by atoms with Gasteiger partial charge in [-0.3, -0.25) is 9.59 Å². The third-order valence-corrected chi connectivity index (χ3v) is 5.61. The number of hydrogen-bond donors (Lipinski definition) is 1. The van der Waals surface area contributed by atoms with E-state index in [0.29, 0.717) is 29.2 Å². The van der Waals surface area contributed by atoms with Gasteiger partial charge in [0.05, 0.1) is 5.92 Å². The molecule has 1 aliphatic carbocycles. The Morgan fingerprint density at radius 3 is 2.61 bits per heavy atom. The molecule has 5 rings (SSSR count). The predicted octanol–water partition coefficient (Wildman–Crippen LogP) is 3.85. The summed E-state index contributed by atoms with van der Waals surface area (Å²) in [5.74, 6) is 0.372. The van der Waals surface area contributed by atoms with Crippen molar-refractivity contribution in [2.75, 3.05) is 6.79 Å². The van der Waals surface area contributed by atoms with Crippen LogP contribution < -0.4 is 14.9 Å². The van der Waals surface area contributed by atoms with Crippen molar-refractivity contribution in [1.29, 1.82) is 0 Å². The summed E-state index contributed by atoms with van der Waals surface area (Å²) in [5, 5.41) is 4.22. The van der Waals surface area contributed by atoms with Crippen LogP contribution in [0.3, 0.4) is 0 Å². The van der Waals surface area contributed by atoms with E-state index in [4.69, 9.17) is 9.47 Å². The Labute approximate surface area is 179 Å². The molecule has 0 saturated heterocycles. The fourth-order valence-electron chi connectivity index (χ4n) is 4.02. The van der Waals surface area contributed by atoms with Gasteiger partial charge in [-0.15, -0.1) is 0 Å². The van der Waals surface area contributed by atoms with Crippen molar-refractivity contribution in [3.8, 4) is 11.5 Å². The summed E-state index contributed by atoms with van der Waals surface area (Å²) in [6.07, 6.45) is 1.48. The van der Waals surface area contributed by atoms with Crippen LogP contribution in [0.5, 0.6) is 11.5 Å². The van der Waals surface area contributed by atoms with Gasteiger partial charge in [0.2, 0.25) is 6.79 Å². The van der Waals surface area contributed by atoms with Crippen LogP contribution in [0.15, 0.2) is 77.9 Å². The minimum atomic E-state index is -0.413. The van der Waals surface area contributed by atoms with Gasteiger partial charge in [-0.25, -0.2) is 5.43 Å². The van der Waals surface area contributed by atoms with Crippen LogP contribution in [-0.4, -0.2) is 24.2 Å². The standard InChI is InChI=1S/C25H20N2O4/c28-24-20(12-10-16-6-2-1-3-7-16)18-8-4-5-9-19(18)23(24)26-27-25(29)17-11-13-21-22(14-17)31-15-30-21/h1-9,11,13-14,20H,10,12,15H2,(H,27,29)/b26-23-. The first kappa shape index (κ1) is 19.1. The first-order chi connectivity index (χ1) is 15.2. The van der Waals surface area contributed by atoms with Crippen LogP contribution in [0.1, 0.15) is 39.4 Å². The number of ketones is 1. The largest absolute Gasteiger partial charge is 0.454 e. The number of ether oxygens (including phenoxy) is 2. The van der Waals surface area contributed by atoms with Crippen molar-refractivity contribution in [3.05, 3.63) is 95.1 Å². The first-order valence-electron chi connectivity index (χ1n) is 10.2. The Morgan fingerprint density at radius 1 is 0.968 bits per heavy atom. The van der Waals surface area contributed by atoms with Gasteiger partial charge in [-0.1, -0.05) is 54.6 Å². The third-order valence-electron chi connectivity index (χ3n) is 5.61. The molecule has 6 nitrogen and oxygen atoms in total. The second kappa shape index (κ2) is 8.07. The minimum absolute atomic E-state index is 0.0666. The Morgan fingerprint density at radius 2 is 1.74 bits per heavy atom. The van der Waals surface area contributed by atoms with Gasteiger partial charge in [0, 0.05) is 11.1 Å². The maximum Gasteiger partial charge on any atom is 0.271 e. The number of nitrogens with zero attached hydrogens (tertiary/aromatic N) is 1. The van der Waals surface area contributed by atoms with E-state index >= 15 is 0 Å². The molecule has 0 spiro atoms. The van der Waals surface area contributed by atoms with Gasteiger partial charge in [-0.05, 0) is 42.2 Å². The highest BCUT2D eigenvalue weighted by Gasteiger charge is 2.36. The minimum Gasteiger partial charge on any atom is -0.454 e. The van der Waals surface area contributed by atoms with Gasteiger partial charge in [0.15, 0.2) is 17.3 Å². The lowest BCUT2D eigenvalue weighted by Gasteiger charge is -2.09. The van der Waals surface area contributed by atoms with Crippen molar-refractivity contribution in [1.82, 2.24) is 5.43 Å². The number of rotatable bonds is 5. The lowest BCUT2D eigenvalue weighted by Crippen LogP contribution is -2.23. The SMILES string of the molecule is O=C(N/N=C1\C(=O)C(CCc2ccccc2)c2ccccc21)c1ccc2c(c1)OCO2. The van der Waals surface area contributed by atoms with Crippen molar-refractivity contribution in [2.24, 2.45) is 5.10 Å². The molecule has 1 amide bonds. The fraction of sp³-hybridized carbons (Fsp3) is 0.160. The molecule has 31 heavy (non-hydrogen) atoms. The van der Waals surface area contributed by atoms with Crippen LogP contribution in [0.4, 0.5) is 0 Å². The summed E-state index contributed by atoms with van der Waals surface area (Å²) in [5.41, 5.74) is 6.13. The quantitative estimate of drug-likeness (QED) is 0.646. The summed E-state index contributed by atoms with van der Waals surface area (Å²) in [6, 6.07) is 22.7. The maximum atomic E-state index is 13.2. The number of amides is 1. The molecule has 1 atom stereocenters. The normalized spacial score (nSPS) is 17.6. The molecule has 1 unspecified atom stereocenters. The fourth-order valence-corrected chi connectivity index (χ4v) is 4.02. The summed E-state index contributed by atoms with van der Waals surface area (Å²) in [4.78, 5) is 25.8. The molecule has 0 aromatic heterocycles. The van der Waals surface area contributed by atoms with Crippen LogP contribution in [0.25, 0.3) is 0 Å². The number of carbonyl (C=O) groups excluding carboxylic acids is 2. The van der Waals surface area contributed by atoms with Crippen molar-refractivity contribution in [3.63, 3.8) is 0 Å². The molecule has 0 radical (unpaired) electrons. The molecule has 6 heteroatoms. The molecular formula is C25H20N2O4.